The van der Waals surface area contributed by atoms with Crippen molar-refractivity contribution in [3.8, 4) is 0 Å². The van der Waals surface area contributed by atoms with E-state index in [1.54, 1.807) is 12.1 Å². The van der Waals surface area contributed by atoms with E-state index in [4.69, 9.17) is 4.98 Å². The fraction of sp³-hybridized carbons (Fsp3) is 0.409. The smallest absolute Gasteiger partial charge is 0.175 e. The molecular formula is C22H27N5O2S. The number of benzene rings is 1. The first-order valence-corrected chi connectivity index (χ1v) is 12.4. The number of aromatic nitrogens is 2. The zero-order valence-electron chi connectivity index (χ0n) is 17.2. The Hall–Kier alpha value is -2.58. The minimum absolute atomic E-state index is 0.364. The van der Waals surface area contributed by atoms with Crippen LogP contribution in [0.3, 0.4) is 0 Å². The molecule has 0 amide bonds. The van der Waals surface area contributed by atoms with E-state index < -0.39 is 9.84 Å². The van der Waals surface area contributed by atoms with E-state index in [9.17, 15) is 8.42 Å². The third-order valence-electron chi connectivity index (χ3n) is 6.21. The Kier molecular flexibility index (Phi) is 4.91. The van der Waals surface area contributed by atoms with Crippen molar-refractivity contribution in [2.45, 2.75) is 17.4 Å². The molecule has 7 nitrogen and oxygen atoms in total. The first-order chi connectivity index (χ1) is 14.5. The molecule has 1 atom stereocenters. The topological polar surface area (TPSA) is 70.5 Å². The van der Waals surface area contributed by atoms with Crippen LogP contribution in [0.25, 0.3) is 11.0 Å². The van der Waals surface area contributed by atoms with Crippen LogP contribution in [0.2, 0.25) is 0 Å². The molecule has 4 heterocycles. The van der Waals surface area contributed by atoms with Gasteiger partial charge in [-0.15, -0.1) is 0 Å². The summed E-state index contributed by atoms with van der Waals surface area (Å²) in [6.07, 6.45) is 4.55. The quantitative estimate of drug-likeness (QED) is 0.692. The highest BCUT2D eigenvalue weighted by Crippen LogP contribution is 2.26. The molecule has 8 heteroatoms. The van der Waals surface area contributed by atoms with Crippen LogP contribution in [0.15, 0.2) is 53.6 Å². The summed E-state index contributed by atoms with van der Waals surface area (Å²) < 4.78 is 25.7. The van der Waals surface area contributed by atoms with Gasteiger partial charge < -0.3 is 19.7 Å². The maximum absolute atomic E-state index is 11.7. The fourth-order valence-corrected chi connectivity index (χ4v) is 5.09. The van der Waals surface area contributed by atoms with Gasteiger partial charge in [-0.3, -0.25) is 0 Å². The SMILES string of the molecule is CS(=O)(=O)c1ccc(N2CCN(c3ccc4ccn([C@H]5CCNC5)c4n3)CC2)cc1. The minimum atomic E-state index is -3.16. The molecule has 30 heavy (non-hydrogen) atoms. The average molecular weight is 426 g/mol. The summed E-state index contributed by atoms with van der Waals surface area (Å²) in [5.74, 6) is 1.03. The van der Waals surface area contributed by atoms with Crippen LogP contribution in [0.5, 0.6) is 0 Å². The fourth-order valence-electron chi connectivity index (χ4n) is 4.46. The lowest BCUT2D eigenvalue weighted by Gasteiger charge is -2.36. The molecule has 2 aliphatic heterocycles. The zero-order valence-corrected chi connectivity index (χ0v) is 18.0. The second-order valence-corrected chi connectivity index (χ2v) is 10.2. The number of anilines is 2. The number of pyridine rings is 1. The van der Waals surface area contributed by atoms with Crippen LogP contribution >= 0.6 is 0 Å². The predicted molar refractivity (Wildman–Crippen MR) is 120 cm³/mol. The molecule has 0 bridgehead atoms. The van der Waals surface area contributed by atoms with Crippen molar-refractivity contribution in [1.29, 1.82) is 0 Å². The highest BCUT2D eigenvalue weighted by Gasteiger charge is 2.21. The highest BCUT2D eigenvalue weighted by atomic mass is 32.2. The lowest BCUT2D eigenvalue weighted by molar-refractivity contribution is 0.561. The molecule has 5 rings (SSSR count). The molecule has 0 radical (unpaired) electrons. The zero-order chi connectivity index (χ0) is 20.7. The Labute approximate surface area is 177 Å². The monoisotopic (exact) mass is 425 g/mol. The van der Waals surface area contributed by atoms with Gasteiger partial charge in [0.25, 0.3) is 0 Å². The predicted octanol–water partition coefficient (Wildman–Crippen LogP) is 2.30. The second kappa shape index (κ2) is 7.59. The van der Waals surface area contributed by atoms with Crippen LogP contribution in [-0.4, -0.2) is 63.5 Å². The molecule has 0 spiro atoms. The number of nitrogens with one attached hydrogen (secondary N) is 1. The van der Waals surface area contributed by atoms with Gasteiger partial charge in [-0.25, -0.2) is 13.4 Å². The molecule has 158 valence electrons. The van der Waals surface area contributed by atoms with Crippen LogP contribution in [0, 0.1) is 0 Å². The third-order valence-corrected chi connectivity index (χ3v) is 7.34. The van der Waals surface area contributed by atoms with Gasteiger partial charge in [0.2, 0.25) is 0 Å². The van der Waals surface area contributed by atoms with Crippen molar-refractivity contribution in [3.63, 3.8) is 0 Å². The van der Waals surface area contributed by atoms with Crippen LogP contribution in [0.1, 0.15) is 12.5 Å². The molecule has 0 unspecified atom stereocenters. The molecule has 2 saturated heterocycles. The normalized spacial score (nSPS) is 20.2. The van der Waals surface area contributed by atoms with Crippen molar-refractivity contribution < 1.29 is 8.42 Å². The Morgan fingerprint density at radius 2 is 1.70 bits per heavy atom. The van der Waals surface area contributed by atoms with E-state index in [0.717, 1.165) is 62.8 Å². The Morgan fingerprint density at radius 3 is 2.37 bits per heavy atom. The van der Waals surface area contributed by atoms with Gasteiger partial charge in [-0.1, -0.05) is 0 Å². The van der Waals surface area contributed by atoms with E-state index in [0.29, 0.717) is 10.9 Å². The van der Waals surface area contributed by atoms with Gasteiger partial charge in [0.1, 0.15) is 11.5 Å². The average Bonchev–Trinajstić information content (AvgIpc) is 3.42. The molecule has 0 saturated carbocycles. The molecule has 1 N–H and O–H groups in total. The van der Waals surface area contributed by atoms with Crippen LogP contribution < -0.4 is 15.1 Å². The van der Waals surface area contributed by atoms with E-state index in [1.165, 1.54) is 11.6 Å². The summed E-state index contributed by atoms with van der Waals surface area (Å²) >= 11 is 0. The summed E-state index contributed by atoms with van der Waals surface area (Å²) in [5, 5.41) is 4.63. The van der Waals surface area contributed by atoms with Gasteiger partial charge >= 0.3 is 0 Å². The van der Waals surface area contributed by atoms with E-state index in [-0.39, 0.29) is 0 Å². The first kappa shape index (κ1) is 19.4. The van der Waals surface area contributed by atoms with Crippen LogP contribution in [0.4, 0.5) is 11.5 Å². The Morgan fingerprint density at radius 1 is 0.967 bits per heavy atom. The van der Waals surface area contributed by atoms with Crippen molar-refractivity contribution in [2.24, 2.45) is 0 Å². The van der Waals surface area contributed by atoms with Crippen molar-refractivity contribution in [2.75, 3.05) is 55.3 Å². The number of nitrogens with zero attached hydrogens (tertiary/aromatic N) is 4. The number of hydrogen-bond donors (Lipinski definition) is 1. The molecule has 3 aromatic rings. The lowest BCUT2D eigenvalue weighted by atomic mass is 10.2. The molecule has 0 aliphatic carbocycles. The number of rotatable bonds is 4. The van der Waals surface area contributed by atoms with Gasteiger partial charge in [0.15, 0.2) is 9.84 Å². The van der Waals surface area contributed by atoms with Crippen molar-refractivity contribution >= 4 is 32.4 Å². The minimum Gasteiger partial charge on any atom is -0.368 e. The molecule has 2 aliphatic rings. The Bertz CT molecular complexity index is 1140. The highest BCUT2D eigenvalue weighted by molar-refractivity contribution is 7.90. The number of hydrogen-bond acceptors (Lipinski definition) is 6. The maximum atomic E-state index is 11.7. The Balaban J connectivity index is 1.30. The molecule has 1 aromatic carbocycles. The summed E-state index contributed by atoms with van der Waals surface area (Å²) in [4.78, 5) is 10.0. The third kappa shape index (κ3) is 3.65. The van der Waals surface area contributed by atoms with Crippen molar-refractivity contribution in [1.82, 2.24) is 14.9 Å². The molecular weight excluding hydrogens is 398 g/mol. The summed E-state index contributed by atoms with van der Waals surface area (Å²) in [6, 6.07) is 14.1. The van der Waals surface area contributed by atoms with E-state index in [1.807, 2.05) is 12.1 Å². The summed E-state index contributed by atoms with van der Waals surface area (Å²) in [6.45, 7) is 5.61. The maximum Gasteiger partial charge on any atom is 0.175 e. The standard InChI is InChI=1S/C22H27N5O2S/c1-30(28,29)20-5-3-18(4-6-20)25-12-14-26(15-13-25)21-7-2-17-9-11-27(22(17)24-21)19-8-10-23-16-19/h2-7,9,11,19,23H,8,10,12-16H2,1H3/t19-/m0/s1. The first-order valence-electron chi connectivity index (χ1n) is 10.5. The van der Waals surface area contributed by atoms with Gasteiger partial charge in [0, 0.05) is 62.3 Å². The number of fused-ring (bicyclic) bond motifs is 1. The second-order valence-electron chi connectivity index (χ2n) is 8.19. The number of piperazine rings is 1. The van der Waals surface area contributed by atoms with Gasteiger partial charge in [-0.2, -0.15) is 0 Å². The molecule has 2 aromatic heterocycles. The lowest BCUT2D eigenvalue weighted by Crippen LogP contribution is -2.46. The van der Waals surface area contributed by atoms with Crippen LogP contribution in [-0.2, 0) is 9.84 Å². The summed E-state index contributed by atoms with van der Waals surface area (Å²) in [7, 11) is -3.16. The van der Waals surface area contributed by atoms with Crippen molar-refractivity contribution in [3.05, 3.63) is 48.7 Å². The largest absolute Gasteiger partial charge is 0.368 e. The summed E-state index contributed by atoms with van der Waals surface area (Å²) in [5.41, 5.74) is 2.13. The van der Waals surface area contributed by atoms with E-state index >= 15 is 0 Å². The van der Waals surface area contributed by atoms with Gasteiger partial charge in [0.05, 0.1) is 4.90 Å². The van der Waals surface area contributed by atoms with E-state index in [2.05, 4.69) is 44.1 Å². The molecule has 2 fully saturated rings. The number of sulfone groups is 1. The van der Waals surface area contributed by atoms with Gasteiger partial charge in [-0.05, 0) is 55.4 Å².